The van der Waals surface area contributed by atoms with E-state index in [2.05, 4.69) is 38.1 Å². The van der Waals surface area contributed by atoms with E-state index in [0.717, 1.165) is 18.4 Å². The molecule has 17 heavy (non-hydrogen) atoms. The monoisotopic (exact) mass is 234 g/mol. The van der Waals surface area contributed by atoms with Gasteiger partial charge in [-0.25, -0.2) is 0 Å². The molecule has 0 heterocycles. The molecule has 0 spiro atoms. The van der Waals surface area contributed by atoms with Crippen LogP contribution in [-0.4, -0.2) is 11.1 Å². The molecule has 0 saturated heterocycles. The van der Waals surface area contributed by atoms with E-state index < -0.39 is 5.97 Å². The predicted octanol–water partition coefficient (Wildman–Crippen LogP) is 3.99. The van der Waals surface area contributed by atoms with Gasteiger partial charge in [0.25, 0.3) is 0 Å². The molecule has 1 aromatic carbocycles. The molecule has 0 amide bonds. The van der Waals surface area contributed by atoms with Crippen molar-refractivity contribution < 1.29 is 9.90 Å². The Balaban J connectivity index is 2.96. The van der Waals surface area contributed by atoms with Crippen LogP contribution in [0.1, 0.15) is 50.2 Å². The Bertz CT molecular complexity index is 350. The van der Waals surface area contributed by atoms with Crippen molar-refractivity contribution in [2.75, 3.05) is 0 Å². The molecule has 0 aromatic heterocycles. The lowest BCUT2D eigenvalue weighted by molar-refractivity contribution is -0.137. The fraction of sp³-hybridized carbons (Fsp3) is 0.533. The van der Waals surface area contributed by atoms with Crippen molar-refractivity contribution in [1.82, 2.24) is 0 Å². The maximum Gasteiger partial charge on any atom is 0.303 e. The van der Waals surface area contributed by atoms with Crippen LogP contribution in [-0.2, 0) is 4.79 Å². The zero-order chi connectivity index (χ0) is 12.8. The van der Waals surface area contributed by atoms with Crippen LogP contribution in [0.2, 0.25) is 0 Å². The quantitative estimate of drug-likeness (QED) is 0.808. The number of carboxylic acid groups (broad SMARTS) is 1. The summed E-state index contributed by atoms with van der Waals surface area (Å²) in [5.74, 6) is -0.112. The van der Waals surface area contributed by atoms with Gasteiger partial charge in [-0.15, -0.1) is 0 Å². The number of rotatable bonds is 6. The van der Waals surface area contributed by atoms with Gasteiger partial charge in [0.1, 0.15) is 0 Å². The molecule has 1 N–H and O–H groups in total. The van der Waals surface area contributed by atoms with E-state index in [9.17, 15) is 4.79 Å². The first-order valence-corrected chi connectivity index (χ1v) is 6.36. The number of hydrogen-bond acceptors (Lipinski definition) is 1. The standard InChI is InChI=1S/C15H22O2/c1-4-12(5-2)14(10-15(16)17)13-8-6-11(3)7-9-13/h6-9,12,14H,4-5,10H2,1-3H3,(H,16,17). The second kappa shape index (κ2) is 6.43. The van der Waals surface area contributed by atoms with Gasteiger partial charge in [-0.2, -0.15) is 0 Å². The van der Waals surface area contributed by atoms with Crippen molar-refractivity contribution in [1.29, 1.82) is 0 Å². The van der Waals surface area contributed by atoms with E-state index in [1.165, 1.54) is 5.56 Å². The summed E-state index contributed by atoms with van der Waals surface area (Å²) in [6.45, 7) is 6.32. The third-order valence-corrected chi connectivity index (χ3v) is 3.52. The Morgan fingerprint density at radius 1 is 1.18 bits per heavy atom. The average molecular weight is 234 g/mol. The van der Waals surface area contributed by atoms with Gasteiger partial charge in [0.15, 0.2) is 0 Å². The second-order valence-corrected chi connectivity index (χ2v) is 4.69. The smallest absolute Gasteiger partial charge is 0.303 e. The fourth-order valence-electron chi connectivity index (χ4n) is 2.42. The molecule has 0 aliphatic rings. The zero-order valence-electron chi connectivity index (χ0n) is 10.9. The molecular weight excluding hydrogens is 212 g/mol. The molecule has 1 atom stereocenters. The summed E-state index contributed by atoms with van der Waals surface area (Å²) in [5.41, 5.74) is 2.37. The number of aliphatic carboxylic acids is 1. The van der Waals surface area contributed by atoms with Crippen LogP contribution in [0.25, 0.3) is 0 Å². The molecule has 2 heteroatoms. The largest absolute Gasteiger partial charge is 0.481 e. The third kappa shape index (κ3) is 3.88. The van der Waals surface area contributed by atoms with Crippen molar-refractivity contribution >= 4 is 5.97 Å². The second-order valence-electron chi connectivity index (χ2n) is 4.69. The molecule has 0 fully saturated rings. The van der Waals surface area contributed by atoms with Gasteiger partial charge in [-0.1, -0.05) is 56.5 Å². The fourth-order valence-corrected chi connectivity index (χ4v) is 2.42. The van der Waals surface area contributed by atoms with Crippen LogP contribution < -0.4 is 0 Å². The van der Waals surface area contributed by atoms with Crippen molar-refractivity contribution in [3.63, 3.8) is 0 Å². The Morgan fingerprint density at radius 2 is 1.71 bits per heavy atom. The zero-order valence-corrected chi connectivity index (χ0v) is 10.9. The summed E-state index contributed by atoms with van der Waals surface area (Å²) in [6, 6.07) is 8.27. The summed E-state index contributed by atoms with van der Waals surface area (Å²) < 4.78 is 0. The minimum atomic E-state index is -0.706. The van der Waals surface area contributed by atoms with Gasteiger partial charge >= 0.3 is 5.97 Å². The van der Waals surface area contributed by atoms with E-state index in [0.29, 0.717) is 5.92 Å². The summed E-state index contributed by atoms with van der Waals surface area (Å²) in [4.78, 5) is 11.0. The van der Waals surface area contributed by atoms with Gasteiger partial charge in [-0.05, 0) is 24.3 Å². The third-order valence-electron chi connectivity index (χ3n) is 3.52. The Kier molecular flexibility index (Phi) is 5.20. The highest BCUT2D eigenvalue weighted by molar-refractivity contribution is 5.68. The highest BCUT2D eigenvalue weighted by atomic mass is 16.4. The Labute approximate surface area is 104 Å². The highest BCUT2D eigenvalue weighted by Crippen LogP contribution is 2.32. The number of hydrogen-bond donors (Lipinski definition) is 1. The van der Waals surface area contributed by atoms with Gasteiger partial charge < -0.3 is 5.11 Å². The van der Waals surface area contributed by atoms with E-state index >= 15 is 0 Å². The lowest BCUT2D eigenvalue weighted by Gasteiger charge is -2.24. The van der Waals surface area contributed by atoms with Crippen LogP contribution in [0.15, 0.2) is 24.3 Å². The minimum absolute atomic E-state index is 0.142. The number of benzene rings is 1. The molecule has 2 nitrogen and oxygen atoms in total. The summed E-state index contributed by atoms with van der Waals surface area (Å²) >= 11 is 0. The first-order valence-electron chi connectivity index (χ1n) is 6.36. The number of carbonyl (C=O) groups is 1. The topological polar surface area (TPSA) is 37.3 Å². The normalized spacial score (nSPS) is 12.7. The maximum absolute atomic E-state index is 11.0. The predicted molar refractivity (Wildman–Crippen MR) is 70.2 cm³/mol. The lowest BCUT2D eigenvalue weighted by Crippen LogP contribution is -2.15. The molecule has 0 aliphatic heterocycles. The van der Waals surface area contributed by atoms with Crippen molar-refractivity contribution in [3.05, 3.63) is 35.4 Å². The van der Waals surface area contributed by atoms with Crippen LogP contribution in [0.4, 0.5) is 0 Å². The molecule has 0 saturated carbocycles. The molecular formula is C15H22O2. The molecule has 1 unspecified atom stereocenters. The lowest BCUT2D eigenvalue weighted by atomic mass is 9.80. The first-order chi connectivity index (χ1) is 8.08. The maximum atomic E-state index is 11.0. The highest BCUT2D eigenvalue weighted by Gasteiger charge is 2.22. The average Bonchev–Trinajstić information content (AvgIpc) is 2.30. The SMILES string of the molecule is CCC(CC)C(CC(=O)O)c1ccc(C)cc1. The van der Waals surface area contributed by atoms with Crippen molar-refractivity contribution in [2.45, 2.75) is 46.0 Å². The van der Waals surface area contributed by atoms with Gasteiger partial charge in [0.05, 0.1) is 6.42 Å². The molecule has 94 valence electrons. The van der Waals surface area contributed by atoms with Crippen LogP contribution in [0, 0.1) is 12.8 Å². The molecule has 0 radical (unpaired) electrons. The minimum Gasteiger partial charge on any atom is -0.481 e. The van der Waals surface area contributed by atoms with Crippen molar-refractivity contribution in [2.24, 2.45) is 5.92 Å². The van der Waals surface area contributed by atoms with Crippen LogP contribution >= 0.6 is 0 Å². The van der Waals surface area contributed by atoms with E-state index in [1.54, 1.807) is 0 Å². The number of carboxylic acids is 1. The molecule has 1 rings (SSSR count). The van der Waals surface area contributed by atoms with E-state index in [-0.39, 0.29) is 12.3 Å². The summed E-state index contributed by atoms with van der Waals surface area (Å²) in [7, 11) is 0. The van der Waals surface area contributed by atoms with Crippen LogP contribution in [0.3, 0.4) is 0 Å². The van der Waals surface area contributed by atoms with Gasteiger partial charge in [-0.3, -0.25) is 4.79 Å². The van der Waals surface area contributed by atoms with Crippen molar-refractivity contribution in [3.8, 4) is 0 Å². The summed E-state index contributed by atoms with van der Waals surface area (Å²) in [5, 5.41) is 9.04. The van der Waals surface area contributed by atoms with E-state index in [1.807, 2.05) is 6.92 Å². The van der Waals surface area contributed by atoms with Gasteiger partial charge in [0, 0.05) is 0 Å². The van der Waals surface area contributed by atoms with Crippen LogP contribution in [0.5, 0.6) is 0 Å². The first kappa shape index (κ1) is 13.8. The molecule has 1 aromatic rings. The Hall–Kier alpha value is -1.31. The number of aryl methyl sites for hydroxylation is 1. The molecule has 0 aliphatic carbocycles. The molecule has 0 bridgehead atoms. The van der Waals surface area contributed by atoms with E-state index in [4.69, 9.17) is 5.11 Å². The summed E-state index contributed by atoms with van der Waals surface area (Å²) in [6.07, 6.45) is 2.29. The Morgan fingerprint density at radius 3 is 2.12 bits per heavy atom. The van der Waals surface area contributed by atoms with Gasteiger partial charge in [0.2, 0.25) is 0 Å².